The first-order chi connectivity index (χ1) is 10.0. The van der Waals surface area contributed by atoms with Crippen LogP contribution in [0.15, 0.2) is 47.1 Å². The lowest BCUT2D eigenvalue weighted by molar-refractivity contribution is -0.136. The minimum absolute atomic E-state index is 0.122. The molecule has 0 aliphatic rings. The lowest BCUT2D eigenvalue weighted by Gasteiger charge is -2.03. The number of halogens is 2. The third-order valence-electron chi connectivity index (χ3n) is 3.10. The van der Waals surface area contributed by atoms with Gasteiger partial charge >= 0.3 is 5.97 Å². The van der Waals surface area contributed by atoms with Crippen LogP contribution in [0.4, 0.5) is 0 Å². The van der Waals surface area contributed by atoms with Gasteiger partial charge in [0.05, 0.1) is 22.8 Å². The summed E-state index contributed by atoms with van der Waals surface area (Å²) in [6, 6.07) is 11.1. The molecule has 2 aromatic heterocycles. The summed E-state index contributed by atoms with van der Waals surface area (Å²) in [5.74, 6) is -0.909. The van der Waals surface area contributed by atoms with E-state index < -0.39 is 5.97 Å². The number of carboxylic acids is 1. The van der Waals surface area contributed by atoms with Crippen LogP contribution < -0.4 is 0 Å². The molecule has 0 atom stereocenters. The monoisotopic (exact) mass is 364 g/mol. The van der Waals surface area contributed by atoms with Gasteiger partial charge in [-0.25, -0.2) is 4.98 Å². The molecule has 21 heavy (non-hydrogen) atoms. The van der Waals surface area contributed by atoms with Crippen LogP contribution in [0.1, 0.15) is 5.69 Å². The van der Waals surface area contributed by atoms with Crippen molar-refractivity contribution in [2.24, 2.45) is 0 Å². The van der Waals surface area contributed by atoms with E-state index in [-0.39, 0.29) is 6.42 Å². The van der Waals surface area contributed by atoms with Gasteiger partial charge in [-0.3, -0.25) is 4.79 Å². The molecule has 2 heterocycles. The lowest BCUT2D eigenvalue weighted by atomic mass is 10.1. The van der Waals surface area contributed by atoms with Gasteiger partial charge in [0, 0.05) is 16.2 Å². The van der Waals surface area contributed by atoms with Crippen LogP contribution in [0.2, 0.25) is 5.02 Å². The fraction of sp³-hybridized carbons (Fsp3) is 0.0667. The Bertz CT molecular complexity index is 845. The highest BCUT2D eigenvalue weighted by Crippen LogP contribution is 2.28. The molecule has 0 saturated heterocycles. The van der Waals surface area contributed by atoms with E-state index in [1.807, 2.05) is 24.3 Å². The lowest BCUT2D eigenvalue weighted by Crippen LogP contribution is -2.04. The summed E-state index contributed by atoms with van der Waals surface area (Å²) in [5, 5.41) is 9.69. The Balaban J connectivity index is 2.28. The van der Waals surface area contributed by atoms with Crippen molar-refractivity contribution in [2.75, 3.05) is 0 Å². The van der Waals surface area contributed by atoms with Gasteiger partial charge in [0.2, 0.25) is 0 Å². The van der Waals surface area contributed by atoms with Crippen molar-refractivity contribution in [3.05, 3.63) is 57.8 Å². The van der Waals surface area contributed by atoms with Crippen LogP contribution in [0.5, 0.6) is 0 Å². The van der Waals surface area contributed by atoms with Crippen LogP contribution >= 0.6 is 27.5 Å². The van der Waals surface area contributed by atoms with E-state index in [1.54, 1.807) is 22.7 Å². The highest BCUT2D eigenvalue weighted by atomic mass is 79.9. The minimum atomic E-state index is -0.909. The largest absolute Gasteiger partial charge is 0.481 e. The number of fused-ring (bicyclic) bond motifs is 1. The van der Waals surface area contributed by atoms with E-state index in [4.69, 9.17) is 16.7 Å². The summed E-state index contributed by atoms with van der Waals surface area (Å²) in [6.07, 6.45) is 1.56. The molecule has 6 heteroatoms. The molecule has 0 spiro atoms. The molecule has 106 valence electrons. The van der Waals surface area contributed by atoms with Gasteiger partial charge in [0.1, 0.15) is 5.65 Å². The molecule has 0 aliphatic heterocycles. The van der Waals surface area contributed by atoms with Gasteiger partial charge in [0.25, 0.3) is 0 Å². The molecule has 0 amide bonds. The molecule has 0 bridgehead atoms. The van der Waals surface area contributed by atoms with Crippen molar-refractivity contribution in [3.8, 4) is 11.3 Å². The number of nitrogens with zero attached hydrogens (tertiary/aromatic N) is 2. The Kier molecular flexibility index (Phi) is 3.69. The standard InChI is InChI=1S/C15H10BrClN2O2/c16-10-3-1-2-9(6-10)15-12(7-14(20)21)19-8-11(17)4-5-13(19)18-15/h1-6,8H,7H2,(H,20,21). The van der Waals surface area contributed by atoms with Crippen molar-refractivity contribution >= 4 is 39.1 Å². The van der Waals surface area contributed by atoms with Gasteiger partial charge < -0.3 is 9.51 Å². The second kappa shape index (κ2) is 5.50. The van der Waals surface area contributed by atoms with Crippen molar-refractivity contribution in [2.45, 2.75) is 6.42 Å². The summed E-state index contributed by atoms with van der Waals surface area (Å²) in [7, 11) is 0. The maximum Gasteiger partial charge on any atom is 0.309 e. The van der Waals surface area contributed by atoms with Crippen LogP contribution in [0, 0.1) is 0 Å². The number of hydrogen-bond acceptors (Lipinski definition) is 2. The Hall–Kier alpha value is -1.85. The summed E-state index contributed by atoms with van der Waals surface area (Å²) in [5.41, 5.74) is 2.80. The number of rotatable bonds is 3. The first-order valence-corrected chi connectivity index (χ1v) is 7.36. The van der Waals surface area contributed by atoms with Crippen LogP contribution in [0.25, 0.3) is 16.9 Å². The SMILES string of the molecule is O=C(O)Cc1c(-c2cccc(Br)c2)nc2ccc(Cl)cn12. The Morgan fingerprint density at radius 1 is 1.33 bits per heavy atom. The Morgan fingerprint density at radius 2 is 2.14 bits per heavy atom. The first kappa shape index (κ1) is 14.1. The van der Waals surface area contributed by atoms with Gasteiger partial charge in [-0.15, -0.1) is 0 Å². The second-order valence-corrected chi connectivity index (χ2v) is 5.92. The normalized spacial score (nSPS) is 11.0. The zero-order valence-corrected chi connectivity index (χ0v) is 13.1. The molecule has 0 saturated carbocycles. The molecule has 0 aliphatic carbocycles. The summed E-state index contributed by atoms with van der Waals surface area (Å²) in [4.78, 5) is 15.7. The maximum absolute atomic E-state index is 11.2. The molecule has 0 unspecified atom stereocenters. The molecule has 0 radical (unpaired) electrons. The number of aliphatic carboxylic acids is 1. The fourth-order valence-electron chi connectivity index (χ4n) is 2.25. The molecule has 1 aromatic carbocycles. The number of benzene rings is 1. The van der Waals surface area contributed by atoms with Crippen molar-refractivity contribution in [1.29, 1.82) is 0 Å². The van der Waals surface area contributed by atoms with E-state index in [1.165, 1.54) is 0 Å². The van der Waals surface area contributed by atoms with Gasteiger partial charge in [-0.1, -0.05) is 39.7 Å². The van der Waals surface area contributed by atoms with Gasteiger partial charge in [-0.05, 0) is 24.3 Å². The first-order valence-electron chi connectivity index (χ1n) is 6.19. The number of hydrogen-bond donors (Lipinski definition) is 1. The number of aromatic nitrogens is 2. The average Bonchev–Trinajstić information content (AvgIpc) is 2.76. The highest BCUT2D eigenvalue weighted by molar-refractivity contribution is 9.10. The third-order valence-corrected chi connectivity index (χ3v) is 3.81. The number of imidazole rings is 1. The van der Waals surface area contributed by atoms with E-state index >= 15 is 0 Å². The molecule has 1 N–H and O–H groups in total. The summed E-state index contributed by atoms with van der Waals surface area (Å²) < 4.78 is 2.64. The predicted octanol–water partition coefficient (Wildman–Crippen LogP) is 4.04. The van der Waals surface area contributed by atoms with Gasteiger partial charge in [0.15, 0.2) is 0 Å². The quantitative estimate of drug-likeness (QED) is 0.762. The highest BCUT2D eigenvalue weighted by Gasteiger charge is 2.17. The number of carbonyl (C=O) groups is 1. The molecule has 3 aromatic rings. The van der Waals surface area contributed by atoms with Crippen LogP contribution in [-0.4, -0.2) is 20.5 Å². The third kappa shape index (κ3) is 2.80. The van der Waals surface area contributed by atoms with Crippen molar-refractivity contribution in [3.63, 3.8) is 0 Å². The zero-order valence-electron chi connectivity index (χ0n) is 10.8. The minimum Gasteiger partial charge on any atom is -0.481 e. The second-order valence-electron chi connectivity index (χ2n) is 4.56. The molecule has 3 rings (SSSR count). The van der Waals surface area contributed by atoms with E-state index in [2.05, 4.69) is 20.9 Å². The van der Waals surface area contributed by atoms with E-state index in [0.29, 0.717) is 22.1 Å². The molecule has 0 fully saturated rings. The Morgan fingerprint density at radius 3 is 2.86 bits per heavy atom. The topological polar surface area (TPSA) is 54.6 Å². The van der Waals surface area contributed by atoms with Crippen LogP contribution in [0.3, 0.4) is 0 Å². The summed E-state index contributed by atoms with van der Waals surface area (Å²) in [6.45, 7) is 0. The summed E-state index contributed by atoms with van der Waals surface area (Å²) >= 11 is 9.42. The number of pyridine rings is 1. The van der Waals surface area contributed by atoms with E-state index in [9.17, 15) is 4.79 Å². The molecular weight excluding hydrogens is 356 g/mol. The fourth-order valence-corrected chi connectivity index (χ4v) is 2.81. The van der Waals surface area contributed by atoms with Crippen molar-refractivity contribution < 1.29 is 9.90 Å². The Labute approximate surface area is 134 Å². The molecule has 4 nitrogen and oxygen atoms in total. The van der Waals surface area contributed by atoms with Gasteiger partial charge in [-0.2, -0.15) is 0 Å². The van der Waals surface area contributed by atoms with Crippen molar-refractivity contribution in [1.82, 2.24) is 9.38 Å². The zero-order chi connectivity index (χ0) is 15.0. The smallest absolute Gasteiger partial charge is 0.309 e. The number of carboxylic acid groups (broad SMARTS) is 1. The van der Waals surface area contributed by atoms with E-state index in [0.717, 1.165) is 10.0 Å². The average molecular weight is 366 g/mol. The van der Waals surface area contributed by atoms with Crippen LogP contribution in [-0.2, 0) is 11.2 Å². The maximum atomic E-state index is 11.2. The predicted molar refractivity (Wildman–Crippen MR) is 84.7 cm³/mol. The molecular formula is C15H10BrClN2O2.